The Bertz CT molecular complexity index is 463. The molecular formula is C21H40O2Si. The Labute approximate surface area is 151 Å². The summed E-state index contributed by atoms with van der Waals surface area (Å²) in [4.78, 5) is 0. The zero-order valence-corrected chi connectivity index (χ0v) is 18.2. The molecule has 24 heavy (non-hydrogen) atoms. The van der Waals surface area contributed by atoms with Gasteiger partial charge in [0.2, 0.25) is 0 Å². The topological polar surface area (TPSA) is 29.5 Å². The van der Waals surface area contributed by atoms with Crippen LogP contribution in [0.4, 0.5) is 0 Å². The number of rotatable bonds is 4. The van der Waals surface area contributed by atoms with Crippen LogP contribution in [0.3, 0.4) is 0 Å². The van der Waals surface area contributed by atoms with E-state index in [0.29, 0.717) is 23.9 Å². The zero-order valence-electron chi connectivity index (χ0n) is 17.2. The molecule has 0 amide bonds. The van der Waals surface area contributed by atoms with Crippen molar-refractivity contribution in [1.82, 2.24) is 0 Å². The van der Waals surface area contributed by atoms with E-state index in [9.17, 15) is 5.11 Å². The fourth-order valence-electron chi connectivity index (χ4n) is 4.47. The third kappa shape index (κ3) is 3.99. The molecule has 2 nitrogen and oxygen atoms in total. The lowest BCUT2D eigenvalue weighted by molar-refractivity contribution is -0.0125. The van der Waals surface area contributed by atoms with Crippen molar-refractivity contribution in [2.24, 2.45) is 29.1 Å². The summed E-state index contributed by atoms with van der Waals surface area (Å²) in [5.74, 6) is 2.64. The number of hydrogen-bond acceptors (Lipinski definition) is 2. The van der Waals surface area contributed by atoms with Crippen LogP contribution in [-0.2, 0) is 4.43 Å². The Morgan fingerprint density at radius 2 is 1.88 bits per heavy atom. The Balaban J connectivity index is 2.26. The van der Waals surface area contributed by atoms with E-state index in [-0.39, 0.29) is 17.1 Å². The van der Waals surface area contributed by atoms with Crippen LogP contribution in [0, 0.1) is 29.1 Å². The lowest BCUT2D eigenvalue weighted by atomic mass is 9.59. The van der Waals surface area contributed by atoms with E-state index >= 15 is 0 Å². The summed E-state index contributed by atoms with van der Waals surface area (Å²) < 4.78 is 6.87. The molecule has 0 aliphatic heterocycles. The van der Waals surface area contributed by atoms with E-state index < -0.39 is 8.32 Å². The molecule has 2 rings (SSSR count). The molecule has 5 atom stereocenters. The second-order valence-electron chi connectivity index (χ2n) is 10.5. The predicted octanol–water partition coefficient (Wildman–Crippen LogP) is 5.63. The van der Waals surface area contributed by atoms with Crippen molar-refractivity contribution >= 4 is 8.32 Å². The van der Waals surface area contributed by atoms with Gasteiger partial charge in [-0.2, -0.15) is 0 Å². The molecule has 0 heterocycles. The van der Waals surface area contributed by atoms with Gasteiger partial charge in [0.15, 0.2) is 8.32 Å². The van der Waals surface area contributed by atoms with Crippen LogP contribution < -0.4 is 0 Å². The largest absolute Gasteiger partial charge is 0.413 e. The SMILES string of the molecule is CC(C)[C@H]1CC[C@H](O[Si](C)(C)C(C)(C)C)[C@@H]2C=C[C@](C)(CO)C[C@@H]21. The molecule has 1 fully saturated rings. The first kappa shape index (κ1) is 20.2. The van der Waals surface area contributed by atoms with Crippen LogP contribution in [0.15, 0.2) is 12.2 Å². The van der Waals surface area contributed by atoms with Crippen molar-refractivity contribution in [2.75, 3.05) is 6.61 Å². The van der Waals surface area contributed by atoms with Crippen LogP contribution in [0.2, 0.25) is 18.1 Å². The first-order chi connectivity index (χ1) is 10.9. The van der Waals surface area contributed by atoms with E-state index in [0.717, 1.165) is 12.3 Å². The molecule has 0 bridgehead atoms. The molecule has 0 saturated heterocycles. The van der Waals surface area contributed by atoms with Gasteiger partial charge in [0, 0.05) is 11.3 Å². The van der Waals surface area contributed by atoms with Crippen LogP contribution in [0.25, 0.3) is 0 Å². The third-order valence-electron chi connectivity index (χ3n) is 7.15. The molecule has 140 valence electrons. The number of aliphatic hydroxyl groups excluding tert-OH is 1. The number of aliphatic hydroxyl groups is 1. The standard InChI is InChI=1S/C21H40O2Si/c1-15(2)16-9-10-19(23-24(7,8)20(3,4)5)17-11-12-21(6,14-22)13-18(16)17/h11-12,15-19,22H,9-10,13-14H2,1-8H3/t16-,17-,18-,19+,21+/m1/s1. The van der Waals surface area contributed by atoms with E-state index in [2.05, 4.69) is 66.8 Å². The fraction of sp³-hybridized carbons (Fsp3) is 0.905. The maximum absolute atomic E-state index is 9.85. The van der Waals surface area contributed by atoms with E-state index in [4.69, 9.17) is 4.43 Å². The van der Waals surface area contributed by atoms with Crippen molar-refractivity contribution in [2.45, 2.75) is 85.0 Å². The number of hydrogen-bond donors (Lipinski definition) is 1. The highest BCUT2D eigenvalue weighted by molar-refractivity contribution is 6.74. The van der Waals surface area contributed by atoms with Gasteiger partial charge in [0.05, 0.1) is 12.7 Å². The highest BCUT2D eigenvalue weighted by Crippen LogP contribution is 2.51. The fourth-order valence-corrected chi connectivity index (χ4v) is 5.85. The highest BCUT2D eigenvalue weighted by Gasteiger charge is 2.48. The van der Waals surface area contributed by atoms with Gasteiger partial charge >= 0.3 is 0 Å². The molecule has 0 aromatic rings. The van der Waals surface area contributed by atoms with Gasteiger partial charge in [-0.1, -0.05) is 53.7 Å². The lowest BCUT2D eigenvalue weighted by Crippen LogP contribution is -2.51. The van der Waals surface area contributed by atoms with Gasteiger partial charge in [-0.15, -0.1) is 0 Å². The first-order valence-electron chi connectivity index (χ1n) is 9.88. The smallest absolute Gasteiger partial charge is 0.192 e. The van der Waals surface area contributed by atoms with Crippen molar-refractivity contribution in [3.05, 3.63) is 12.2 Å². The van der Waals surface area contributed by atoms with Crippen LogP contribution >= 0.6 is 0 Å². The maximum Gasteiger partial charge on any atom is 0.192 e. The average molecular weight is 353 g/mol. The van der Waals surface area contributed by atoms with Gasteiger partial charge in [-0.3, -0.25) is 0 Å². The molecular weight excluding hydrogens is 312 g/mol. The summed E-state index contributed by atoms with van der Waals surface area (Å²) in [7, 11) is -1.75. The van der Waals surface area contributed by atoms with Gasteiger partial charge < -0.3 is 9.53 Å². The Hall–Kier alpha value is -0.123. The van der Waals surface area contributed by atoms with Crippen molar-refractivity contribution in [1.29, 1.82) is 0 Å². The third-order valence-corrected chi connectivity index (χ3v) is 11.7. The van der Waals surface area contributed by atoms with Gasteiger partial charge in [-0.25, -0.2) is 0 Å². The molecule has 1 saturated carbocycles. The molecule has 0 radical (unpaired) electrons. The minimum atomic E-state index is -1.75. The molecule has 2 aliphatic rings. The Morgan fingerprint density at radius 3 is 2.38 bits per heavy atom. The minimum absolute atomic E-state index is 0.0484. The monoisotopic (exact) mass is 352 g/mol. The highest BCUT2D eigenvalue weighted by atomic mass is 28.4. The number of fused-ring (bicyclic) bond motifs is 1. The zero-order chi connectivity index (χ0) is 18.3. The summed E-state index contributed by atoms with van der Waals surface area (Å²) in [6.45, 7) is 18.9. The Kier molecular flexibility index (Phi) is 5.79. The first-order valence-corrected chi connectivity index (χ1v) is 12.8. The summed E-state index contributed by atoms with van der Waals surface area (Å²) in [6.07, 6.45) is 8.61. The van der Waals surface area contributed by atoms with Gasteiger partial charge in [-0.05, 0) is 55.1 Å². The molecule has 0 aromatic heterocycles. The second kappa shape index (κ2) is 6.89. The van der Waals surface area contributed by atoms with Gasteiger partial charge in [0.1, 0.15) is 0 Å². The van der Waals surface area contributed by atoms with Crippen molar-refractivity contribution in [3.8, 4) is 0 Å². The molecule has 0 spiro atoms. The van der Waals surface area contributed by atoms with Crippen molar-refractivity contribution in [3.63, 3.8) is 0 Å². The second-order valence-corrected chi connectivity index (χ2v) is 15.3. The summed E-state index contributed by atoms with van der Waals surface area (Å²) in [5.41, 5.74) is -0.0484. The summed E-state index contributed by atoms with van der Waals surface area (Å²) >= 11 is 0. The average Bonchev–Trinajstić information content (AvgIpc) is 2.45. The lowest BCUT2D eigenvalue weighted by Gasteiger charge is -2.51. The summed E-state index contributed by atoms with van der Waals surface area (Å²) in [5, 5.41) is 10.1. The molecule has 1 N–H and O–H groups in total. The molecule has 3 heteroatoms. The quantitative estimate of drug-likeness (QED) is 0.524. The van der Waals surface area contributed by atoms with E-state index in [1.807, 2.05) is 0 Å². The molecule has 0 unspecified atom stereocenters. The normalized spacial score (nSPS) is 37.6. The van der Waals surface area contributed by atoms with E-state index in [1.54, 1.807) is 0 Å². The van der Waals surface area contributed by atoms with Crippen LogP contribution in [-0.4, -0.2) is 26.1 Å². The maximum atomic E-state index is 9.85. The molecule has 2 aliphatic carbocycles. The van der Waals surface area contributed by atoms with Crippen LogP contribution in [0.5, 0.6) is 0 Å². The molecule has 0 aromatic carbocycles. The predicted molar refractivity (Wildman–Crippen MR) is 106 cm³/mol. The minimum Gasteiger partial charge on any atom is -0.413 e. The summed E-state index contributed by atoms with van der Waals surface area (Å²) in [6, 6.07) is 0. The van der Waals surface area contributed by atoms with Crippen LogP contribution in [0.1, 0.15) is 60.8 Å². The van der Waals surface area contributed by atoms with Crippen molar-refractivity contribution < 1.29 is 9.53 Å². The van der Waals surface area contributed by atoms with Gasteiger partial charge in [0.25, 0.3) is 0 Å². The Morgan fingerprint density at radius 1 is 1.25 bits per heavy atom. The van der Waals surface area contributed by atoms with E-state index in [1.165, 1.54) is 12.8 Å².